The number of nitrogens with one attached hydrogen (secondary N) is 1. The molecule has 9 rings (SSSR count). The molecule has 1 aromatic rings. The van der Waals surface area contributed by atoms with Crippen LogP contribution in [0.5, 0.6) is 0 Å². The van der Waals surface area contributed by atoms with Gasteiger partial charge in [-0.1, -0.05) is 6.07 Å². The van der Waals surface area contributed by atoms with Gasteiger partial charge < -0.3 is 10.2 Å². The molecule has 0 spiro atoms. The van der Waals surface area contributed by atoms with Gasteiger partial charge in [0, 0.05) is 24.0 Å². The number of hydrogen-bond acceptors (Lipinski definition) is 2. The summed E-state index contributed by atoms with van der Waals surface area (Å²) >= 11 is 0. The van der Waals surface area contributed by atoms with Gasteiger partial charge in [0.2, 0.25) is 5.91 Å². The molecule has 8 aliphatic carbocycles. The fourth-order valence-corrected chi connectivity index (χ4v) is 10.2. The van der Waals surface area contributed by atoms with Crippen LogP contribution >= 0.6 is 0 Å². The van der Waals surface area contributed by atoms with Gasteiger partial charge in [0.1, 0.15) is 0 Å². The van der Waals surface area contributed by atoms with Crippen molar-refractivity contribution in [3.8, 4) is 0 Å². The van der Waals surface area contributed by atoms with E-state index in [9.17, 15) is 4.79 Å². The maximum atomic E-state index is 13.5. The average Bonchev–Trinajstić information content (AvgIpc) is 2.71. The van der Waals surface area contributed by atoms with E-state index < -0.39 is 0 Å². The van der Waals surface area contributed by atoms with Gasteiger partial charge in [0.25, 0.3) is 0 Å². The molecule has 1 amide bonds. The van der Waals surface area contributed by atoms with Crippen LogP contribution in [0.25, 0.3) is 0 Å². The first-order chi connectivity index (χ1) is 15.0. The number of hydrogen-bond donors (Lipinski definition) is 1. The zero-order valence-electron chi connectivity index (χ0n) is 19.1. The molecule has 8 bridgehead atoms. The van der Waals surface area contributed by atoms with E-state index in [-0.39, 0.29) is 5.41 Å². The molecule has 8 saturated carbocycles. The fraction of sp³-hybridized carbons (Fsp3) is 0.750. The molecule has 31 heavy (non-hydrogen) atoms. The molecule has 1 aromatic carbocycles. The monoisotopic (exact) mass is 418 g/mol. The van der Waals surface area contributed by atoms with Crippen LogP contribution in [0.4, 0.5) is 11.4 Å². The Labute approximate surface area is 187 Å². The van der Waals surface area contributed by atoms with Gasteiger partial charge in [0.15, 0.2) is 0 Å². The van der Waals surface area contributed by atoms with E-state index in [0.29, 0.717) is 11.4 Å². The van der Waals surface area contributed by atoms with E-state index in [4.69, 9.17) is 0 Å². The van der Waals surface area contributed by atoms with Crippen LogP contribution in [0.15, 0.2) is 24.3 Å². The Kier molecular flexibility index (Phi) is 3.99. The molecule has 0 saturated heterocycles. The minimum Gasteiger partial charge on any atom is -0.369 e. The number of carbonyl (C=O) groups is 1. The largest absolute Gasteiger partial charge is 0.369 e. The quantitative estimate of drug-likeness (QED) is 0.627. The summed E-state index contributed by atoms with van der Waals surface area (Å²) in [7, 11) is 2.33. The van der Waals surface area contributed by atoms with Crippen LogP contribution in [-0.2, 0) is 4.79 Å². The third-order valence-corrected chi connectivity index (χ3v) is 10.7. The van der Waals surface area contributed by atoms with Crippen LogP contribution in [-0.4, -0.2) is 18.5 Å². The summed E-state index contributed by atoms with van der Waals surface area (Å²) in [5.74, 6) is 5.61. The van der Waals surface area contributed by atoms with E-state index in [0.717, 1.165) is 60.5 Å². The third-order valence-electron chi connectivity index (χ3n) is 10.7. The smallest absolute Gasteiger partial charge is 0.230 e. The van der Waals surface area contributed by atoms with Crippen LogP contribution in [0.2, 0.25) is 0 Å². The van der Waals surface area contributed by atoms with Gasteiger partial charge in [0.05, 0.1) is 5.41 Å². The molecule has 166 valence electrons. The molecule has 1 N–H and O–H groups in total. The summed E-state index contributed by atoms with van der Waals surface area (Å²) in [4.78, 5) is 16.2. The second-order valence-corrected chi connectivity index (χ2v) is 12.9. The minimum atomic E-state index is -0.0728. The zero-order chi connectivity index (χ0) is 20.8. The summed E-state index contributed by atoms with van der Waals surface area (Å²) in [5.41, 5.74) is 2.59. The standard InChI is InChI=1S/C28H38N2O/c1-30(28-15-21-8-22(16-28)10-23(9-21)17-28)25-4-2-3-24(11-25)29-26(31)27-12-18-5-19(13-27)7-20(6-18)14-27/h2-4,11,18-23H,5-10,12-17H2,1H3,(H,29,31). The third kappa shape index (κ3) is 2.94. The summed E-state index contributed by atoms with van der Waals surface area (Å²) in [5, 5.41) is 3.40. The van der Waals surface area contributed by atoms with Crippen molar-refractivity contribution < 1.29 is 4.79 Å². The van der Waals surface area contributed by atoms with Gasteiger partial charge in [-0.05, 0) is 131 Å². The summed E-state index contributed by atoms with van der Waals surface area (Å²) in [6.07, 6.45) is 16.1. The van der Waals surface area contributed by atoms with Crippen molar-refractivity contribution >= 4 is 17.3 Å². The molecular weight excluding hydrogens is 380 g/mol. The van der Waals surface area contributed by atoms with Crippen LogP contribution in [0.1, 0.15) is 77.0 Å². The first-order valence-electron chi connectivity index (χ1n) is 13.1. The fourth-order valence-electron chi connectivity index (χ4n) is 10.2. The Hall–Kier alpha value is -1.51. The Morgan fingerprint density at radius 2 is 1.29 bits per heavy atom. The van der Waals surface area contributed by atoms with Crippen LogP contribution in [0, 0.1) is 40.9 Å². The molecule has 0 unspecified atom stereocenters. The number of amides is 1. The van der Waals surface area contributed by atoms with Crippen molar-refractivity contribution in [2.24, 2.45) is 40.9 Å². The van der Waals surface area contributed by atoms with E-state index in [1.807, 2.05) is 0 Å². The van der Waals surface area contributed by atoms with Gasteiger partial charge in [-0.25, -0.2) is 0 Å². The summed E-state index contributed by atoms with van der Waals surface area (Å²) in [6.45, 7) is 0. The Bertz CT molecular complexity index is 833. The molecule has 3 nitrogen and oxygen atoms in total. The SMILES string of the molecule is CN(c1cccc(NC(=O)C23CC4CC(CC(C4)C2)C3)c1)C12CC3CC(CC(C3)C1)C2. The minimum absolute atomic E-state index is 0.0728. The molecular formula is C28H38N2O. The van der Waals surface area contributed by atoms with E-state index >= 15 is 0 Å². The molecule has 0 heterocycles. The van der Waals surface area contributed by atoms with Crippen molar-refractivity contribution in [2.45, 2.75) is 82.6 Å². The lowest BCUT2D eigenvalue weighted by Gasteiger charge is -2.60. The number of rotatable bonds is 4. The van der Waals surface area contributed by atoms with E-state index in [1.165, 1.54) is 63.5 Å². The lowest BCUT2D eigenvalue weighted by Crippen LogP contribution is -2.59. The second kappa shape index (κ2) is 6.51. The zero-order valence-corrected chi connectivity index (χ0v) is 19.1. The maximum Gasteiger partial charge on any atom is 0.230 e. The van der Waals surface area contributed by atoms with Gasteiger partial charge in [-0.15, -0.1) is 0 Å². The van der Waals surface area contributed by atoms with Gasteiger partial charge in [-0.3, -0.25) is 4.79 Å². The highest BCUT2D eigenvalue weighted by molar-refractivity contribution is 5.96. The molecule has 0 radical (unpaired) electrons. The predicted octanol–water partition coefficient (Wildman–Crippen LogP) is 6.25. The number of anilines is 2. The molecule has 8 fully saturated rings. The number of nitrogens with zero attached hydrogens (tertiary/aromatic N) is 1. The number of benzene rings is 1. The number of carbonyl (C=O) groups excluding carboxylic acids is 1. The van der Waals surface area contributed by atoms with E-state index in [1.54, 1.807) is 0 Å². The maximum absolute atomic E-state index is 13.5. The predicted molar refractivity (Wildman–Crippen MR) is 125 cm³/mol. The molecule has 0 aliphatic heterocycles. The normalized spacial score (nSPS) is 46.4. The summed E-state index contributed by atoms with van der Waals surface area (Å²) in [6, 6.07) is 8.78. The van der Waals surface area contributed by atoms with Gasteiger partial charge >= 0.3 is 0 Å². The molecule has 0 atom stereocenters. The first-order valence-corrected chi connectivity index (χ1v) is 13.1. The van der Waals surface area contributed by atoms with Crippen LogP contribution in [0.3, 0.4) is 0 Å². The topological polar surface area (TPSA) is 32.3 Å². The lowest BCUT2D eigenvalue weighted by molar-refractivity contribution is -0.140. The molecule has 0 aromatic heterocycles. The lowest BCUT2D eigenvalue weighted by atomic mass is 9.49. The van der Waals surface area contributed by atoms with Crippen molar-refractivity contribution in [3.63, 3.8) is 0 Å². The molecule has 3 heteroatoms. The van der Waals surface area contributed by atoms with Gasteiger partial charge in [-0.2, -0.15) is 0 Å². The van der Waals surface area contributed by atoms with Crippen molar-refractivity contribution in [3.05, 3.63) is 24.3 Å². The van der Waals surface area contributed by atoms with Crippen molar-refractivity contribution in [1.29, 1.82) is 0 Å². The van der Waals surface area contributed by atoms with Crippen LogP contribution < -0.4 is 10.2 Å². The second-order valence-electron chi connectivity index (χ2n) is 12.9. The summed E-state index contributed by atoms with van der Waals surface area (Å²) < 4.78 is 0. The highest BCUT2D eigenvalue weighted by Gasteiger charge is 2.55. The average molecular weight is 419 g/mol. The highest BCUT2D eigenvalue weighted by atomic mass is 16.2. The molecule has 8 aliphatic rings. The highest BCUT2D eigenvalue weighted by Crippen LogP contribution is 2.61. The van der Waals surface area contributed by atoms with E-state index in [2.05, 4.69) is 41.5 Å². The van der Waals surface area contributed by atoms with Crippen molar-refractivity contribution in [1.82, 2.24) is 0 Å². The Balaban J connectivity index is 1.11. The Morgan fingerprint density at radius 1 is 0.806 bits per heavy atom. The Morgan fingerprint density at radius 3 is 1.81 bits per heavy atom. The first kappa shape index (κ1) is 19.0. The van der Waals surface area contributed by atoms with Crippen molar-refractivity contribution in [2.75, 3.05) is 17.3 Å².